The van der Waals surface area contributed by atoms with Gasteiger partial charge in [0.1, 0.15) is 0 Å². The molecule has 1 rings (SSSR count). The van der Waals surface area contributed by atoms with E-state index in [9.17, 15) is 5.11 Å². The molecule has 0 heterocycles. The summed E-state index contributed by atoms with van der Waals surface area (Å²) < 4.78 is 0. The third-order valence-corrected chi connectivity index (χ3v) is 2.95. The van der Waals surface area contributed by atoms with Crippen molar-refractivity contribution in [2.24, 2.45) is 11.8 Å². The van der Waals surface area contributed by atoms with Crippen molar-refractivity contribution in [1.29, 1.82) is 0 Å². The van der Waals surface area contributed by atoms with Crippen molar-refractivity contribution in [3.63, 3.8) is 0 Å². The molecule has 1 fully saturated rings. The van der Waals surface area contributed by atoms with Crippen LogP contribution in [-0.4, -0.2) is 11.2 Å². The highest BCUT2D eigenvalue weighted by Gasteiger charge is 2.30. The summed E-state index contributed by atoms with van der Waals surface area (Å²) in [5, 5.41) is 9.62. The monoisotopic (exact) mass is 168 g/mol. The fourth-order valence-corrected chi connectivity index (χ4v) is 2.05. The summed E-state index contributed by atoms with van der Waals surface area (Å²) in [5.41, 5.74) is 0. The van der Waals surface area contributed by atoms with Crippen molar-refractivity contribution in [1.82, 2.24) is 0 Å². The first-order valence-corrected chi connectivity index (χ1v) is 5.08. The molecular formula is C11H20O. The van der Waals surface area contributed by atoms with Crippen LogP contribution in [0.4, 0.5) is 0 Å². The molecular weight excluding hydrogens is 148 g/mol. The van der Waals surface area contributed by atoms with Crippen LogP contribution in [0.25, 0.3) is 0 Å². The van der Waals surface area contributed by atoms with Crippen LogP contribution in [0.3, 0.4) is 0 Å². The van der Waals surface area contributed by atoms with Gasteiger partial charge in [-0.15, -0.1) is 0 Å². The number of allylic oxidation sites excluding steroid dienone is 2. The molecule has 1 heteroatoms. The number of aliphatic hydroxyl groups is 1. The van der Waals surface area contributed by atoms with Crippen molar-refractivity contribution in [2.45, 2.75) is 45.6 Å². The smallest absolute Gasteiger partial charge is 0.0574 e. The van der Waals surface area contributed by atoms with Gasteiger partial charge < -0.3 is 5.11 Å². The predicted molar refractivity (Wildman–Crippen MR) is 51.9 cm³/mol. The molecule has 1 aliphatic carbocycles. The van der Waals surface area contributed by atoms with E-state index >= 15 is 0 Å². The maximum Gasteiger partial charge on any atom is 0.0574 e. The number of hydrogen-bond donors (Lipinski definition) is 1. The van der Waals surface area contributed by atoms with E-state index in [1.165, 1.54) is 6.42 Å². The molecule has 1 nitrogen and oxygen atoms in total. The van der Waals surface area contributed by atoms with Crippen molar-refractivity contribution in [2.75, 3.05) is 0 Å². The normalized spacial score (nSPS) is 36.4. The van der Waals surface area contributed by atoms with Crippen LogP contribution < -0.4 is 0 Å². The van der Waals surface area contributed by atoms with Crippen molar-refractivity contribution < 1.29 is 5.11 Å². The van der Waals surface area contributed by atoms with Crippen LogP contribution in [0.5, 0.6) is 0 Å². The molecule has 0 aromatic heterocycles. The Morgan fingerprint density at radius 3 is 2.58 bits per heavy atom. The van der Waals surface area contributed by atoms with Crippen LogP contribution in [0.1, 0.15) is 39.5 Å². The number of rotatable bonds is 3. The lowest BCUT2D eigenvalue weighted by Gasteiger charge is -2.16. The van der Waals surface area contributed by atoms with Crippen LogP contribution in [0, 0.1) is 11.8 Å². The second-order valence-corrected chi connectivity index (χ2v) is 3.90. The zero-order chi connectivity index (χ0) is 8.97. The molecule has 0 amide bonds. The summed E-state index contributed by atoms with van der Waals surface area (Å²) in [6.07, 6.45) is 8.75. The molecule has 0 bridgehead atoms. The molecule has 0 spiro atoms. The first kappa shape index (κ1) is 9.79. The van der Waals surface area contributed by atoms with Crippen LogP contribution in [0.2, 0.25) is 0 Å². The van der Waals surface area contributed by atoms with E-state index in [1.807, 2.05) is 0 Å². The van der Waals surface area contributed by atoms with Gasteiger partial charge in [0.25, 0.3) is 0 Å². The minimum atomic E-state index is -0.0403. The molecule has 1 aliphatic rings. The van der Waals surface area contributed by atoms with Gasteiger partial charge in [0.05, 0.1) is 6.10 Å². The van der Waals surface area contributed by atoms with Gasteiger partial charge in [-0.25, -0.2) is 0 Å². The van der Waals surface area contributed by atoms with E-state index in [-0.39, 0.29) is 6.10 Å². The Morgan fingerprint density at radius 2 is 2.08 bits per heavy atom. The quantitative estimate of drug-likeness (QED) is 0.642. The van der Waals surface area contributed by atoms with E-state index < -0.39 is 0 Å². The number of aliphatic hydroxyl groups excluding tert-OH is 1. The largest absolute Gasteiger partial charge is 0.393 e. The lowest BCUT2D eigenvalue weighted by Crippen LogP contribution is -2.16. The van der Waals surface area contributed by atoms with E-state index in [0.29, 0.717) is 11.8 Å². The average Bonchev–Trinajstić information content (AvgIpc) is 2.35. The Hall–Kier alpha value is -0.300. The van der Waals surface area contributed by atoms with E-state index in [1.54, 1.807) is 0 Å². The Kier molecular flexibility index (Phi) is 3.80. The maximum absolute atomic E-state index is 9.62. The van der Waals surface area contributed by atoms with Gasteiger partial charge in [0.2, 0.25) is 0 Å². The summed E-state index contributed by atoms with van der Waals surface area (Å²) in [4.78, 5) is 0. The molecule has 70 valence electrons. The standard InChI is InChI=1S/C11H20O/c1-3-4-5-6-10-9(2)7-8-11(10)12/h4-5,9-12H,3,6-8H2,1-2H3/b5-4+. The Morgan fingerprint density at radius 1 is 1.33 bits per heavy atom. The van der Waals surface area contributed by atoms with E-state index in [0.717, 1.165) is 19.3 Å². The van der Waals surface area contributed by atoms with Gasteiger partial charge in [0.15, 0.2) is 0 Å². The summed E-state index contributed by atoms with van der Waals surface area (Å²) in [6, 6.07) is 0. The van der Waals surface area contributed by atoms with Crippen LogP contribution in [-0.2, 0) is 0 Å². The predicted octanol–water partition coefficient (Wildman–Crippen LogP) is 2.75. The molecule has 0 aromatic rings. The molecule has 3 atom stereocenters. The van der Waals surface area contributed by atoms with Gasteiger partial charge in [-0.1, -0.05) is 26.0 Å². The maximum atomic E-state index is 9.62. The van der Waals surface area contributed by atoms with Crippen molar-refractivity contribution >= 4 is 0 Å². The SMILES string of the molecule is CC/C=C/CC1C(C)CCC1O. The molecule has 0 aromatic carbocycles. The molecule has 0 saturated heterocycles. The summed E-state index contributed by atoms with van der Waals surface area (Å²) in [5.74, 6) is 1.23. The highest BCUT2D eigenvalue weighted by atomic mass is 16.3. The minimum Gasteiger partial charge on any atom is -0.393 e. The van der Waals surface area contributed by atoms with Gasteiger partial charge in [-0.05, 0) is 37.5 Å². The van der Waals surface area contributed by atoms with Crippen LogP contribution in [0.15, 0.2) is 12.2 Å². The Balaban J connectivity index is 2.34. The molecule has 1 saturated carbocycles. The lowest BCUT2D eigenvalue weighted by atomic mass is 9.93. The topological polar surface area (TPSA) is 20.2 Å². The van der Waals surface area contributed by atoms with Crippen molar-refractivity contribution in [3.8, 4) is 0 Å². The van der Waals surface area contributed by atoms with Crippen LogP contribution >= 0.6 is 0 Å². The van der Waals surface area contributed by atoms with Gasteiger partial charge in [-0.3, -0.25) is 0 Å². The minimum absolute atomic E-state index is 0.0403. The summed E-state index contributed by atoms with van der Waals surface area (Å²) >= 11 is 0. The first-order chi connectivity index (χ1) is 5.75. The zero-order valence-corrected chi connectivity index (χ0v) is 8.16. The summed E-state index contributed by atoms with van der Waals surface area (Å²) in [7, 11) is 0. The highest BCUT2D eigenvalue weighted by molar-refractivity contribution is 4.90. The fourth-order valence-electron chi connectivity index (χ4n) is 2.05. The van der Waals surface area contributed by atoms with E-state index in [4.69, 9.17) is 0 Å². The van der Waals surface area contributed by atoms with Gasteiger partial charge in [-0.2, -0.15) is 0 Å². The third-order valence-electron chi connectivity index (χ3n) is 2.95. The lowest BCUT2D eigenvalue weighted by molar-refractivity contribution is 0.121. The average molecular weight is 168 g/mol. The molecule has 12 heavy (non-hydrogen) atoms. The van der Waals surface area contributed by atoms with Gasteiger partial charge >= 0.3 is 0 Å². The molecule has 0 radical (unpaired) electrons. The second-order valence-electron chi connectivity index (χ2n) is 3.90. The molecule has 0 aliphatic heterocycles. The van der Waals surface area contributed by atoms with E-state index in [2.05, 4.69) is 26.0 Å². The number of hydrogen-bond acceptors (Lipinski definition) is 1. The Bertz CT molecular complexity index is 141. The van der Waals surface area contributed by atoms with Crippen molar-refractivity contribution in [3.05, 3.63) is 12.2 Å². The summed E-state index contributed by atoms with van der Waals surface area (Å²) in [6.45, 7) is 4.39. The zero-order valence-electron chi connectivity index (χ0n) is 8.16. The first-order valence-electron chi connectivity index (χ1n) is 5.08. The Labute approximate surface area is 75.5 Å². The second kappa shape index (κ2) is 4.66. The molecule has 3 unspecified atom stereocenters. The highest BCUT2D eigenvalue weighted by Crippen LogP contribution is 2.34. The molecule has 1 N–H and O–H groups in total. The fraction of sp³-hybridized carbons (Fsp3) is 0.818. The third kappa shape index (κ3) is 2.34. The van der Waals surface area contributed by atoms with Gasteiger partial charge in [0, 0.05) is 0 Å².